The third kappa shape index (κ3) is 2.78. The summed E-state index contributed by atoms with van der Waals surface area (Å²) < 4.78 is 0. The van der Waals surface area contributed by atoms with Crippen molar-refractivity contribution in [3.05, 3.63) is 29.3 Å². The number of carboxylic acids is 1. The van der Waals surface area contributed by atoms with Crippen LogP contribution in [0.5, 0.6) is 0 Å². The van der Waals surface area contributed by atoms with Gasteiger partial charge in [-0.15, -0.1) is 0 Å². The van der Waals surface area contributed by atoms with Gasteiger partial charge < -0.3 is 10.0 Å². The van der Waals surface area contributed by atoms with Crippen molar-refractivity contribution in [2.75, 3.05) is 4.90 Å². The normalized spacial score (nSPS) is 15.5. The molecule has 4 nitrogen and oxygen atoms in total. The minimum atomic E-state index is -0.940. The molecule has 1 N–H and O–H groups in total. The number of amides is 1. The van der Waals surface area contributed by atoms with Gasteiger partial charge in [0, 0.05) is 18.7 Å². The lowest BCUT2D eigenvalue weighted by Gasteiger charge is -2.29. The second-order valence-electron chi connectivity index (χ2n) is 5.13. The molecule has 0 saturated heterocycles. The number of anilines is 1. The molecule has 0 bridgehead atoms. The number of carbonyl (C=O) groups excluding carboxylic acids is 1. The number of carbonyl (C=O) groups is 2. The SMILES string of the molecule is CC(=O)N(c1ccc(C(=O)O)cc1C)C1CCCC1. The second kappa shape index (κ2) is 5.43. The molecule has 1 saturated carbocycles. The van der Waals surface area contributed by atoms with E-state index in [4.69, 9.17) is 5.11 Å². The van der Waals surface area contributed by atoms with E-state index in [0.29, 0.717) is 0 Å². The number of benzene rings is 1. The maximum Gasteiger partial charge on any atom is 0.335 e. The average molecular weight is 261 g/mol. The van der Waals surface area contributed by atoms with Crippen LogP contribution in [0.25, 0.3) is 0 Å². The molecule has 0 radical (unpaired) electrons. The Kier molecular flexibility index (Phi) is 3.88. The highest BCUT2D eigenvalue weighted by Gasteiger charge is 2.27. The highest BCUT2D eigenvalue weighted by Crippen LogP contribution is 2.30. The molecule has 0 aliphatic heterocycles. The Morgan fingerprint density at radius 2 is 1.89 bits per heavy atom. The molecule has 0 unspecified atom stereocenters. The van der Waals surface area contributed by atoms with Crippen molar-refractivity contribution < 1.29 is 14.7 Å². The first-order valence-electron chi connectivity index (χ1n) is 6.64. The van der Waals surface area contributed by atoms with Gasteiger partial charge in [-0.1, -0.05) is 12.8 Å². The molecule has 102 valence electrons. The largest absolute Gasteiger partial charge is 0.478 e. The summed E-state index contributed by atoms with van der Waals surface area (Å²) in [6.07, 6.45) is 4.36. The number of hydrogen-bond acceptors (Lipinski definition) is 2. The second-order valence-corrected chi connectivity index (χ2v) is 5.13. The average Bonchev–Trinajstić information content (AvgIpc) is 2.84. The van der Waals surface area contributed by atoms with Gasteiger partial charge in [0.1, 0.15) is 0 Å². The number of nitrogens with zero attached hydrogens (tertiary/aromatic N) is 1. The fourth-order valence-corrected chi connectivity index (χ4v) is 2.84. The Morgan fingerprint density at radius 3 is 2.37 bits per heavy atom. The van der Waals surface area contributed by atoms with Gasteiger partial charge in [-0.05, 0) is 43.5 Å². The van der Waals surface area contributed by atoms with Crippen molar-refractivity contribution in [1.29, 1.82) is 0 Å². The van der Waals surface area contributed by atoms with Gasteiger partial charge in [0.05, 0.1) is 5.56 Å². The van der Waals surface area contributed by atoms with Crippen molar-refractivity contribution in [3.63, 3.8) is 0 Å². The molecule has 19 heavy (non-hydrogen) atoms. The summed E-state index contributed by atoms with van der Waals surface area (Å²) in [5.74, 6) is -0.914. The van der Waals surface area contributed by atoms with Gasteiger partial charge in [0.15, 0.2) is 0 Å². The van der Waals surface area contributed by atoms with Crippen LogP contribution >= 0.6 is 0 Å². The minimum absolute atomic E-state index is 0.0260. The van der Waals surface area contributed by atoms with Crippen molar-refractivity contribution in [2.24, 2.45) is 0 Å². The van der Waals surface area contributed by atoms with Gasteiger partial charge in [-0.2, -0.15) is 0 Å². The van der Waals surface area contributed by atoms with Crippen LogP contribution in [-0.4, -0.2) is 23.0 Å². The zero-order chi connectivity index (χ0) is 14.0. The molecule has 1 aliphatic rings. The molecule has 0 atom stereocenters. The van der Waals surface area contributed by atoms with Gasteiger partial charge >= 0.3 is 5.97 Å². The first-order chi connectivity index (χ1) is 9.00. The fraction of sp³-hybridized carbons (Fsp3) is 0.467. The van der Waals surface area contributed by atoms with E-state index in [1.54, 1.807) is 25.1 Å². The van der Waals surface area contributed by atoms with Crippen LogP contribution in [0, 0.1) is 6.92 Å². The smallest absolute Gasteiger partial charge is 0.335 e. The van der Waals surface area contributed by atoms with E-state index in [1.807, 2.05) is 11.8 Å². The van der Waals surface area contributed by atoms with E-state index in [-0.39, 0.29) is 17.5 Å². The Bertz CT molecular complexity index is 504. The van der Waals surface area contributed by atoms with Crippen LogP contribution in [0.3, 0.4) is 0 Å². The van der Waals surface area contributed by atoms with Crippen LogP contribution < -0.4 is 4.90 Å². The van der Waals surface area contributed by atoms with E-state index in [0.717, 1.165) is 36.9 Å². The zero-order valence-corrected chi connectivity index (χ0v) is 11.3. The molecule has 1 aromatic carbocycles. The molecular formula is C15H19NO3. The Balaban J connectivity index is 2.36. The molecule has 0 heterocycles. The Hall–Kier alpha value is -1.84. The predicted octanol–water partition coefficient (Wildman–Crippen LogP) is 2.99. The molecular weight excluding hydrogens is 242 g/mol. The fourth-order valence-electron chi connectivity index (χ4n) is 2.84. The molecule has 1 fully saturated rings. The van der Waals surface area contributed by atoms with Crippen LogP contribution in [0.2, 0.25) is 0 Å². The summed E-state index contributed by atoms with van der Waals surface area (Å²) in [6, 6.07) is 5.20. The lowest BCUT2D eigenvalue weighted by Crippen LogP contribution is -2.37. The van der Waals surface area contributed by atoms with Crippen molar-refractivity contribution in [3.8, 4) is 0 Å². The number of aromatic carboxylic acids is 1. The summed E-state index contributed by atoms with van der Waals surface area (Å²) >= 11 is 0. The highest BCUT2D eigenvalue weighted by molar-refractivity contribution is 5.94. The van der Waals surface area contributed by atoms with Crippen molar-refractivity contribution in [2.45, 2.75) is 45.6 Å². The monoisotopic (exact) mass is 261 g/mol. The zero-order valence-electron chi connectivity index (χ0n) is 11.3. The van der Waals surface area contributed by atoms with Crippen molar-refractivity contribution in [1.82, 2.24) is 0 Å². The maximum atomic E-state index is 11.9. The topological polar surface area (TPSA) is 57.6 Å². The molecule has 1 amide bonds. The van der Waals surface area contributed by atoms with E-state index in [1.165, 1.54) is 0 Å². The molecule has 2 rings (SSSR count). The Labute approximate surface area is 113 Å². The third-order valence-electron chi connectivity index (χ3n) is 3.73. The third-order valence-corrected chi connectivity index (χ3v) is 3.73. The number of rotatable bonds is 3. The lowest BCUT2D eigenvalue weighted by molar-refractivity contribution is -0.117. The Morgan fingerprint density at radius 1 is 1.26 bits per heavy atom. The molecule has 0 aromatic heterocycles. The number of carboxylic acid groups (broad SMARTS) is 1. The summed E-state index contributed by atoms with van der Waals surface area (Å²) in [5.41, 5.74) is 1.93. The van der Waals surface area contributed by atoms with E-state index in [9.17, 15) is 9.59 Å². The maximum absolute atomic E-state index is 11.9. The van der Waals surface area contributed by atoms with Gasteiger partial charge in [0.25, 0.3) is 0 Å². The number of aryl methyl sites for hydroxylation is 1. The van der Waals surface area contributed by atoms with E-state index in [2.05, 4.69) is 0 Å². The van der Waals surface area contributed by atoms with Gasteiger partial charge in [-0.25, -0.2) is 4.79 Å². The predicted molar refractivity (Wildman–Crippen MR) is 73.6 cm³/mol. The lowest BCUT2D eigenvalue weighted by atomic mass is 10.1. The van der Waals surface area contributed by atoms with Crippen molar-refractivity contribution >= 4 is 17.6 Å². The summed E-state index contributed by atoms with van der Waals surface area (Å²) in [4.78, 5) is 24.7. The molecule has 4 heteroatoms. The summed E-state index contributed by atoms with van der Waals surface area (Å²) in [7, 11) is 0. The summed E-state index contributed by atoms with van der Waals surface area (Å²) in [6.45, 7) is 3.43. The minimum Gasteiger partial charge on any atom is -0.478 e. The van der Waals surface area contributed by atoms with E-state index < -0.39 is 5.97 Å². The van der Waals surface area contributed by atoms with Gasteiger partial charge in [-0.3, -0.25) is 4.79 Å². The molecule has 1 aliphatic carbocycles. The highest BCUT2D eigenvalue weighted by atomic mass is 16.4. The molecule has 1 aromatic rings. The summed E-state index contributed by atoms with van der Waals surface area (Å²) in [5, 5.41) is 8.98. The van der Waals surface area contributed by atoms with E-state index >= 15 is 0 Å². The first-order valence-corrected chi connectivity index (χ1v) is 6.64. The van der Waals surface area contributed by atoms with Crippen LogP contribution in [0.15, 0.2) is 18.2 Å². The van der Waals surface area contributed by atoms with Crippen LogP contribution in [-0.2, 0) is 4.79 Å². The first kappa shape index (κ1) is 13.6. The van der Waals surface area contributed by atoms with Crippen LogP contribution in [0.4, 0.5) is 5.69 Å². The van der Waals surface area contributed by atoms with Gasteiger partial charge in [0.2, 0.25) is 5.91 Å². The molecule has 0 spiro atoms. The number of hydrogen-bond donors (Lipinski definition) is 1. The standard InChI is InChI=1S/C15H19NO3/c1-10-9-12(15(18)19)7-8-14(10)16(11(2)17)13-5-3-4-6-13/h7-9,13H,3-6H2,1-2H3,(H,18,19). The quantitative estimate of drug-likeness (QED) is 0.910. The van der Waals surface area contributed by atoms with Crippen LogP contribution in [0.1, 0.15) is 48.5 Å².